The fraction of sp³-hybridized carbons (Fsp3) is 0.174. The monoisotopic (exact) mass is 441 g/mol. The summed E-state index contributed by atoms with van der Waals surface area (Å²) in [6.07, 6.45) is 3.30. The van der Waals surface area contributed by atoms with Crippen molar-refractivity contribution in [3.05, 3.63) is 90.5 Å². The minimum Gasteiger partial charge on any atom is -0.478 e. The molecule has 0 aliphatic rings. The van der Waals surface area contributed by atoms with E-state index in [0.29, 0.717) is 5.56 Å². The average molecular weight is 442 g/mol. The number of carboxylic acids is 1. The van der Waals surface area contributed by atoms with Gasteiger partial charge in [-0.1, -0.05) is 52.3 Å². The number of halogens is 1. The molecule has 2 nitrogen and oxygen atoms in total. The van der Waals surface area contributed by atoms with E-state index in [1.807, 2.05) is 12.1 Å². The largest absolute Gasteiger partial charge is 0.478 e. The van der Waals surface area contributed by atoms with E-state index in [0.717, 1.165) is 24.3 Å². The zero-order valence-electron chi connectivity index (χ0n) is 15.1. The first kappa shape index (κ1) is 19.8. The summed E-state index contributed by atoms with van der Waals surface area (Å²) >= 11 is 3.56. The Morgan fingerprint density at radius 2 is 1.22 bits per heavy atom. The summed E-state index contributed by atoms with van der Waals surface area (Å²) in [6, 6.07) is 28.9. The van der Waals surface area contributed by atoms with Crippen LogP contribution in [0.4, 0.5) is 0 Å². The van der Waals surface area contributed by atoms with Crippen molar-refractivity contribution in [2.24, 2.45) is 0 Å². The molecule has 138 valence electrons. The molecule has 3 rings (SSSR count). The van der Waals surface area contributed by atoms with E-state index in [4.69, 9.17) is 0 Å². The lowest BCUT2D eigenvalue weighted by Gasteiger charge is -2.27. The first-order valence-electron chi connectivity index (χ1n) is 9.07. The van der Waals surface area contributed by atoms with Gasteiger partial charge in [0, 0.05) is 5.33 Å². The lowest BCUT2D eigenvalue weighted by molar-refractivity contribution is 0.0697. The van der Waals surface area contributed by atoms with E-state index >= 15 is 0 Å². The highest BCUT2D eigenvalue weighted by Crippen LogP contribution is 2.55. The Labute approximate surface area is 169 Å². The molecule has 0 saturated heterocycles. The second-order valence-corrected chi connectivity index (χ2v) is 10.9. The summed E-state index contributed by atoms with van der Waals surface area (Å²) in [5.74, 6) is -0.885. The van der Waals surface area contributed by atoms with Gasteiger partial charge in [-0.25, -0.2) is 4.79 Å². The van der Waals surface area contributed by atoms with Crippen LogP contribution in [-0.2, 0) is 0 Å². The Morgan fingerprint density at radius 3 is 1.67 bits per heavy atom. The lowest BCUT2D eigenvalue weighted by Crippen LogP contribution is -2.33. The highest BCUT2D eigenvalue weighted by Gasteiger charge is 2.44. The van der Waals surface area contributed by atoms with Crippen molar-refractivity contribution >= 4 is 45.1 Å². The number of hydrogen-bond donors (Lipinski definition) is 1. The molecule has 0 heterocycles. The minimum atomic E-state index is -1.85. The topological polar surface area (TPSA) is 37.3 Å². The van der Waals surface area contributed by atoms with Gasteiger partial charge in [0.15, 0.2) is 0 Å². The van der Waals surface area contributed by atoms with Gasteiger partial charge in [0.25, 0.3) is 0 Å². The summed E-state index contributed by atoms with van der Waals surface area (Å²) in [6.45, 7) is 0. The van der Waals surface area contributed by atoms with Gasteiger partial charge in [-0.2, -0.15) is 0 Å². The number of rotatable bonds is 8. The zero-order valence-corrected chi connectivity index (χ0v) is 17.6. The predicted molar refractivity (Wildman–Crippen MR) is 120 cm³/mol. The number of unbranched alkanes of at least 4 members (excludes halogenated alkanes) is 1. The fourth-order valence-corrected chi connectivity index (χ4v) is 8.29. The first-order valence-corrected chi connectivity index (χ1v) is 12.2. The third kappa shape index (κ3) is 4.31. The molecule has 0 radical (unpaired) electrons. The van der Waals surface area contributed by atoms with Crippen molar-refractivity contribution in [2.45, 2.75) is 12.8 Å². The average Bonchev–Trinajstić information content (AvgIpc) is 2.73. The summed E-state index contributed by atoms with van der Waals surface area (Å²) in [7, 11) is -1.85. The quantitative estimate of drug-likeness (QED) is 0.308. The number of carboxylic acid groups (broad SMARTS) is 1. The van der Waals surface area contributed by atoms with Gasteiger partial charge in [0.05, 0.1) is 11.7 Å². The zero-order chi connectivity index (χ0) is 19.1. The van der Waals surface area contributed by atoms with Crippen LogP contribution in [0.1, 0.15) is 23.2 Å². The van der Waals surface area contributed by atoms with Crippen LogP contribution in [0.3, 0.4) is 0 Å². The number of alkyl halides is 1. The molecule has 0 spiro atoms. The summed E-state index contributed by atoms with van der Waals surface area (Å²) in [4.78, 5) is 11.3. The number of aromatic carboxylic acids is 1. The molecule has 1 N–H and O–H groups in total. The molecular weight excluding hydrogens is 419 g/mol. The summed E-state index contributed by atoms with van der Waals surface area (Å²) in [5.41, 5.74) is 0.332. The molecule has 0 bridgehead atoms. The third-order valence-corrected chi connectivity index (χ3v) is 9.91. The maximum absolute atomic E-state index is 11.3. The molecular formula is C23H23BrO2P+. The van der Waals surface area contributed by atoms with E-state index < -0.39 is 13.2 Å². The van der Waals surface area contributed by atoms with Gasteiger partial charge in [0.1, 0.15) is 23.2 Å². The number of benzene rings is 3. The van der Waals surface area contributed by atoms with Crippen LogP contribution in [0.5, 0.6) is 0 Å². The number of carbonyl (C=O) groups is 1. The second kappa shape index (κ2) is 9.30. The molecule has 3 aromatic rings. The van der Waals surface area contributed by atoms with Crippen LogP contribution >= 0.6 is 23.2 Å². The highest BCUT2D eigenvalue weighted by molar-refractivity contribution is 9.09. The van der Waals surface area contributed by atoms with Crippen LogP contribution in [-0.4, -0.2) is 22.6 Å². The van der Waals surface area contributed by atoms with E-state index in [-0.39, 0.29) is 0 Å². The Bertz CT molecular complexity index is 824. The van der Waals surface area contributed by atoms with Crippen molar-refractivity contribution in [3.8, 4) is 0 Å². The van der Waals surface area contributed by atoms with Gasteiger partial charge in [-0.3, -0.25) is 0 Å². The van der Waals surface area contributed by atoms with Gasteiger partial charge < -0.3 is 5.11 Å². The minimum absolute atomic E-state index is 0.332. The van der Waals surface area contributed by atoms with Gasteiger partial charge in [-0.15, -0.1) is 0 Å². The molecule has 0 saturated carbocycles. The molecule has 0 atom stereocenters. The van der Waals surface area contributed by atoms with E-state index in [9.17, 15) is 9.90 Å². The molecule has 3 aromatic carbocycles. The van der Waals surface area contributed by atoms with Crippen molar-refractivity contribution in [1.82, 2.24) is 0 Å². The Balaban J connectivity index is 2.20. The molecule has 0 aliphatic carbocycles. The van der Waals surface area contributed by atoms with Crippen LogP contribution in [0.25, 0.3) is 0 Å². The summed E-state index contributed by atoms with van der Waals surface area (Å²) < 4.78 is 0. The molecule has 0 amide bonds. The maximum atomic E-state index is 11.3. The standard InChI is InChI=1S/C23H22BrO2P/c24-17-7-8-18-27(20-9-3-1-4-10-20,21-11-5-2-6-12-21)22-15-13-19(14-16-22)23(25)26/h1-6,9-16H,7-8,17-18H2/p+1. The van der Waals surface area contributed by atoms with Crippen LogP contribution in [0.2, 0.25) is 0 Å². The Kier molecular flexibility index (Phi) is 6.82. The molecule has 0 fully saturated rings. The van der Waals surface area contributed by atoms with E-state index in [1.54, 1.807) is 12.1 Å². The molecule has 0 aliphatic heterocycles. The van der Waals surface area contributed by atoms with Crippen molar-refractivity contribution in [3.63, 3.8) is 0 Å². The molecule has 4 heteroatoms. The van der Waals surface area contributed by atoms with Gasteiger partial charge in [-0.05, 0) is 61.4 Å². The van der Waals surface area contributed by atoms with Gasteiger partial charge in [0.2, 0.25) is 0 Å². The third-order valence-electron chi connectivity index (χ3n) is 4.83. The second-order valence-electron chi connectivity index (χ2n) is 6.45. The fourth-order valence-electron chi connectivity index (χ4n) is 3.50. The Hall–Kier alpha value is -1.96. The van der Waals surface area contributed by atoms with Crippen LogP contribution < -0.4 is 15.9 Å². The number of hydrogen-bond acceptors (Lipinski definition) is 1. The van der Waals surface area contributed by atoms with Crippen LogP contribution in [0.15, 0.2) is 84.9 Å². The smallest absolute Gasteiger partial charge is 0.335 e. The van der Waals surface area contributed by atoms with Gasteiger partial charge >= 0.3 is 5.97 Å². The summed E-state index contributed by atoms with van der Waals surface area (Å²) in [5, 5.41) is 14.2. The van der Waals surface area contributed by atoms with Crippen LogP contribution in [0, 0.1) is 0 Å². The molecule has 0 aromatic heterocycles. The van der Waals surface area contributed by atoms with Crippen molar-refractivity contribution in [1.29, 1.82) is 0 Å². The molecule has 0 unspecified atom stereocenters. The van der Waals surface area contributed by atoms with Crippen molar-refractivity contribution in [2.75, 3.05) is 11.5 Å². The Morgan fingerprint density at radius 1 is 0.741 bits per heavy atom. The van der Waals surface area contributed by atoms with E-state index in [2.05, 4.69) is 76.6 Å². The first-order chi connectivity index (χ1) is 13.2. The maximum Gasteiger partial charge on any atom is 0.335 e. The molecule has 27 heavy (non-hydrogen) atoms. The predicted octanol–water partition coefficient (Wildman–Crippen LogP) is 4.85. The van der Waals surface area contributed by atoms with E-state index in [1.165, 1.54) is 15.9 Å². The normalized spacial score (nSPS) is 11.3. The highest BCUT2D eigenvalue weighted by atomic mass is 79.9. The lowest BCUT2D eigenvalue weighted by atomic mass is 10.2. The van der Waals surface area contributed by atoms with Crippen molar-refractivity contribution < 1.29 is 9.90 Å². The SMILES string of the molecule is O=C(O)c1ccc([P+](CCCCBr)(c2ccccc2)c2ccccc2)cc1.